The van der Waals surface area contributed by atoms with Crippen LogP contribution in [0.4, 0.5) is 11.4 Å². The first-order valence-corrected chi connectivity index (χ1v) is 8.39. The highest BCUT2D eigenvalue weighted by Crippen LogP contribution is 2.34. The molecule has 0 spiro atoms. The van der Waals surface area contributed by atoms with E-state index in [1.165, 1.54) is 0 Å². The topological polar surface area (TPSA) is 76.7 Å². The number of amides is 2. The summed E-state index contributed by atoms with van der Waals surface area (Å²) in [5.74, 6) is 0.947. The smallest absolute Gasteiger partial charge is 0.262 e. The number of carbonyl (C=O) groups excluding carboxylic acids is 2. The number of carbonyl (C=O) groups is 2. The lowest BCUT2D eigenvalue weighted by Gasteiger charge is -2.20. The molecule has 2 amide bonds. The Morgan fingerprint density at radius 1 is 0.963 bits per heavy atom. The van der Waals surface area contributed by atoms with Crippen LogP contribution in [0.2, 0.25) is 0 Å². The van der Waals surface area contributed by atoms with Gasteiger partial charge in [0.05, 0.1) is 16.9 Å². The molecule has 0 radical (unpaired) electrons. The molecule has 1 heterocycles. The van der Waals surface area contributed by atoms with E-state index in [9.17, 15) is 9.59 Å². The van der Waals surface area contributed by atoms with E-state index in [4.69, 9.17) is 9.47 Å². The van der Waals surface area contributed by atoms with Crippen molar-refractivity contribution in [3.05, 3.63) is 78.4 Å². The van der Waals surface area contributed by atoms with Gasteiger partial charge < -0.3 is 20.1 Å². The van der Waals surface area contributed by atoms with Gasteiger partial charge >= 0.3 is 0 Å². The normalized spacial score (nSPS) is 12.4. The Labute approximate surface area is 155 Å². The van der Waals surface area contributed by atoms with Crippen LogP contribution in [-0.4, -0.2) is 18.4 Å². The van der Waals surface area contributed by atoms with Gasteiger partial charge in [-0.3, -0.25) is 9.59 Å². The predicted molar refractivity (Wildman–Crippen MR) is 101 cm³/mol. The van der Waals surface area contributed by atoms with Crippen LogP contribution in [0.1, 0.15) is 10.4 Å². The minimum atomic E-state index is -0.355. The second-order valence-corrected chi connectivity index (χ2v) is 5.88. The van der Waals surface area contributed by atoms with Gasteiger partial charge in [0.25, 0.3) is 11.8 Å². The van der Waals surface area contributed by atoms with Crippen LogP contribution in [0, 0.1) is 0 Å². The molecule has 0 aliphatic carbocycles. The summed E-state index contributed by atoms with van der Waals surface area (Å²) in [5, 5.41) is 5.55. The summed E-state index contributed by atoms with van der Waals surface area (Å²) in [6.07, 6.45) is 0. The zero-order chi connectivity index (χ0) is 18.6. The third-order valence-electron chi connectivity index (χ3n) is 3.99. The van der Waals surface area contributed by atoms with Gasteiger partial charge in [0, 0.05) is 0 Å². The van der Waals surface area contributed by atoms with E-state index in [0.717, 1.165) is 0 Å². The van der Waals surface area contributed by atoms with E-state index in [0.29, 0.717) is 34.2 Å². The van der Waals surface area contributed by atoms with Gasteiger partial charge in [-0.25, -0.2) is 0 Å². The monoisotopic (exact) mass is 360 g/mol. The van der Waals surface area contributed by atoms with Crippen molar-refractivity contribution < 1.29 is 19.1 Å². The molecule has 1 aliphatic rings. The van der Waals surface area contributed by atoms with Crippen LogP contribution >= 0.6 is 0 Å². The van der Waals surface area contributed by atoms with Gasteiger partial charge in [-0.1, -0.05) is 36.4 Å². The Hall–Kier alpha value is -3.80. The Balaban J connectivity index is 1.59. The summed E-state index contributed by atoms with van der Waals surface area (Å²) in [7, 11) is 0. The SMILES string of the molecule is O=C1COc2c(cccc2C(=O)Nc2ccccc2Oc2ccccc2)N1. The van der Waals surface area contributed by atoms with Gasteiger partial charge in [-0.05, 0) is 36.4 Å². The molecule has 0 saturated heterocycles. The highest BCUT2D eigenvalue weighted by molar-refractivity contribution is 6.09. The van der Waals surface area contributed by atoms with Gasteiger partial charge in [-0.2, -0.15) is 0 Å². The fourth-order valence-corrected chi connectivity index (χ4v) is 2.76. The Morgan fingerprint density at radius 3 is 2.59 bits per heavy atom. The number of rotatable bonds is 4. The predicted octanol–water partition coefficient (Wildman–Crippen LogP) is 4.06. The third-order valence-corrected chi connectivity index (χ3v) is 3.99. The number of fused-ring (bicyclic) bond motifs is 1. The van der Waals surface area contributed by atoms with Crippen molar-refractivity contribution >= 4 is 23.2 Å². The maximum atomic E-state index is 12.8. The number of hydrogen-bond donors (Lipinski definition) is 2. The molecule has 27 heavy (non-hydrogen) atoms. The molecule has 3 aromatic carbocycles. The molecule has 0 unspecified atom stereocenters. The number of benzene rings is 3. The van der Waals surface area contributed by atoms with E-state index < -0.39 is 0 Å². The summed E-state index contributed by atoms with van der Waals surface area (Å²) in [4.78, 5) is 24.3. The molecule has 6 nitrogen and oxygen atoms in total. The molecule has 0 aromatic heterocycles. The van der Waals surface area contributed by atoms with Gasteiger partial charge in [-0.15, -0.1) is 0 Å². The molecular weight excluding hydrogens is 344 g/mol. The molecule has 0 atom stereocenters. The molecule has 6 heteroatoms. The number of para-hydroxylation sites is 4. The van der Waals surface area contributed by atoms with Crippen molar-refractivity contribution in [2.75, 3.05) is 17.2 Å². The largest absolute Gasteiger partial charge is 0.481 e. The highest BCUT2D eigenvalue weighted by atomic mass is 16.5. The molecule has 0 bridgehead atoms. The summed E-state index contributed by atoms with van der Waals surface area (Å²) in [5.41, 5.74) is 1.35. The lowest BCUT2D eigenvalue weighted by molar-refractivity contribution is -0.118. The van der Waals surface area contributed by atoms with Crippen LogP contribution in [-0.2, 0) is 4.79 Å². The van der Waals surface area contributed by atoms with E-state index in [1.807, 2.05) is 42.5 Å². The summed E-state index contributed by atoms with van der Waals surface area (Å²) >= 11 is 0. The molecule has 4 rings (SSSR count). The lowest BCUT2D eigenvalue weighted by atomic mass is 10.1. The first-order valence-electron chi connectivity index (χ1n) is 8.39. The Morgan fingerprint density at radius 2 is 1.74 bits per heavy atom. The molecule has 1 aliphatic heterocycles. The quantitative estimate of drug-likeness (QED) is 0.736. The summed E-state index contributed by atoms with van der Waals surface area (Å²) in [6, 6.07) is 21.5. The van der Waals surface area contributed by atoms with Gasteiger partial charge in [0.2, 0.25) is 0 Å². The zero-order valence-corrected chi connectivity index (χ0v) is 14.3. The Bertz CT molecular complexity index is 1000. The average Bonchev–Trinajstić information content (AvgIpc) is 2.69. The minimum absolute atomic E-state index is 0.120. The van der Waals surface area contributed by atoms with E-state index in [2.05, 4.69) is 10.6 Å². The van der Waals surface area contributed by atoms with Crippen molar-refractivity contribution in [3.8, 4) is 17.2 Å². The maximum absolute atomic E-state index is 12.8. The number of ether oxygens (including phenoxy) is 2. The maximum Gasteiger partial charge on any atom is 0.262 e. The lowest BCUT2D eigenvalue weighted by Crippen LogP contribution is -2.27. The van der Waals surface area contributed by atoms with Crippen molar-refractivity contribution in [1.82, 2.24) is 0 Å². The van der Waals surface area contributed by atoms with Crippen LogP contribution < -0.4 is 20.1 Å². The fourth-order valence-electron chi connectivity index (χ4n) is 2.76. The van der Waals surface area contributed by atoms with E-state index in [-0.39, 0.29) is 18.4 Å². The molecular formula is C21H16N2O4. The van der Waals surface area contributed by atoms with Crippen LogP contribution in [0.15, 0.2) is 72.8 Å². The molecule has 0 fully saturated rings. The van der Waals surface area contributed by atoms with Crippen molar-refractivity contribution in [3.63, 3.8) is 0 Å². The number of anilines is 2. The van der Waals surface area contributed by atoms with Crippen LogP contribution in [0.5, 0.6) is 17.2 Å². The Kier molecular flexibility index (Phi) is 4.45. The summed E-state index contributed by atoms with van der Waals surface area (Å²) in [6.45, 7) is -0.120. The molecule has 0 saturated carbocycles. The van der Waals surface area contributed by atoms with Gasteiger partial charge in [0.1, 0.15) is 5.75 Å². The number of hydrogen-bond acceptors (Lipinski definition) is 4. The van der Waals surface area contributed by atoms with E-state index in [1.54, 1.807) is 30.3 Å². The third kappa shape index (κ3) is 3.59. The summed E-state index contributed by atoms with van der Waals surface area (Å²) < 4.78 is 11.3. The average molecular weight is 360 g/mol. The first kappa shape index (κ1) is 16.7. The second kappa shape index (κ2) is 7.21. The van der Waals surface area contributed by atoms with E-state index >= 15 is 0 Å². The molecule has 2 N–H and O–H groups in total. The van der Waals surface area contributed by atoms with Crippen LogP contribution in [0.25, 0.3) is 0 Å². The van der Waals surface area contributed by atoms with Crippen molar-refractivity contribution in [2.24, 2.45) is 0 Å². The van der Waals surface area contributed by atoms with Crippen LogP contribution in [0.3, 0.4) is 0 Å². The minimum Gasteiger partial charge on any atom is -0.481 e. The first-order chi connectivity index (χ1) is 13.2. The second-order valence-electron chi connectivity index (χ2n) is 5.88. The van der Waals surface area contributed by atoms with Gasteiger partial charge in [0.15, 0.2) is 18.1 Å². The number of nitrogens with one attached hydrogen (secondary N) is 2. The van der Waals surface area contributed by atoms with Crippen molar-refractivity contribution in [1.29, 1.82) is 0 Å². The molecule has 3 aromatic rings. The van der Waals surface area contributed by atoms with Crippen molar-refractivity contribution in [2.45, 2.75) is 0 Å². The fraction of sp³-hybridized carbons (Fsp3) is 0.0476. The zero-order valence-electron chi connectivity index (χ0n) is 14.3. The standard InChI is InChI=1S/C21H16N2O4/c24-19-13-26-20-15(9-6-11-17(20)22-19)21(25)23-16-10-4-5-12-18(16)27-14-7-2-1-3-8-14/h1-12H,13H2,(H,22,24)(H,23,25). The molecule has 134 valence electrons. The highest BCUT2D eigenvalue weighted by Gasteiger charge is 2.23.